The van der Waals surface area contributed by atoms with Crippen LogP contribution in [0, 0.1) is 0 Å². The Bertz CT molecular complexity index is 406. The maximum absolute atomic E-state index is 12.4. The number of carboxylic acid groups (broad SMARTS) is 1. The van der Waals surface area contributed by atoms with E-state index >= 15 is 0 Å². The molecular weight excluding hydrogens is 346 g/mol. The molecule has 0 rings (SSSR count). The van der Waals surface area contributed by atoms with Gasteiger partial charge in [-0.1, -0.05) is 71.1 Å². The van der Waals surface area contributed by atoms with Gasteiger partial charge in [0.25, 0.3) is 0 Å². The van der Waals surface area contributed by atoms with E-state index in [4.69, 9.17) is 0 Å². The minimum absolute atomic E-state index is 0. The Kier molecular flexibility index (Phi) is 15.7. The molecule has 3 N–H and O–H groups in total. The first-order chi connectivity index (χ1) is 12.1. The van der Waals surface area contributed by atoms with Crippen molar-refractivity contribution in [2.75, 3.05) is 27.7 Å². The third-order valence-corrected chi connectivity index (χ3v) is 4.70. The molecule has 1 atom stereocenters. The molecule has 0 heterocycles. The summed E-state index contributed by atoms with van der Waals surface area (Å²) in [6.07, 6.45) is 12.7. The van der Waals surface area contributed by atoms with Crippen molar-refractivity contribution in [3.8, 4) is 0 Å². The molecule has 6 heteroatoms. The van der Waals surface area contributed by atoms with Gasteiger partial charge in [-0.05, 0) is 6.42 Å². The predicted octanol–water partition coefficient (Wildman–Crippen LogP) is 2.01. The number of aliphatic carboxylic acids is 1. The molecule has 1 unspecified atom stereocenters. The van der Waals surface area contributed by atoms with Gasteiger partial charge in [-0.3, -0.25) is 4.79 Å². The van der Waals surface area contributed by atoms with Crippen LogP contribution in [0.4, 0.5) is 0 Å². The van der Waals surface area contributed by atoms with Crippen LogP contribution in [0.3, 0.4) is 0 Å². The topological polar surface area (TPSA) is 109 Å². The van der Waals surface area contributed by atoms with Gasteiger partial charge in [0.05, 0.1) is 21.1 Å². The molecule has 0 spiro atoms. The summed E-state index contributed by atoms with van der Waals surface area (Å²) in [6.45, 7) is 2.31. The molecule has 0 fully saturated rings. The van der Waals surface area contributed by atoms with Gasteiger partial charge in [-0.15, -0.1) is 0 Å². The van der Waals surface area contributed by atoms with Crippen LogP contribution in [-0.4, -0.2) is 60.1 Å². The Hall–Kier alpha value is -0.980. The van der Waals surface area contributed by atoms with E-state index in [2.05, 4.69) is 6.92 Å². The quantitative estimate of drug-likeness (QED) is 0.303. The van der Waals surface area contributed by atoms with E-state index in [1.807, 2.05) is 21.1 Å². The molecule has 0 aliphatic rings. The molecule has 162 valence electrons. The molecular formula is C21H43NO5. The Morgan fingerprint density at radius 1 is 0.852 bits per heavy atom. The average Bonchev–Trinajstić information content (AvgIpc) is 2.49. The number of hydrogen-bond donors (Lipinski definition) is 1. The van der Waals surface area contributed by atoms with Crippen molar-refractivity contribution in [3.05, 3.63) is 0 Å². The monoisotopic (exact) mass is 389 g/mol. The lowest BCUT2D eigenvalue weighted by atomic mass is 9.89. The normalized spacial score (nSPS) is 13.7. The minimum atomic E-state index is -1.82. The fraction of sp³-hybridized carbons (Fsp3) is 0.905. The number of carboxylic acids is 1. The van der Waals surface area contributed by atoms with Crippen molar-refractivity contribution in [2.45, 2.75) is 96.0 Å². The van der Waals surface area contributed by atoms with E-state index in [-0.39, 0.29) is 24.2 Å². The highest BCUT2D eigenvalue weighted by atomic mass is 16.4. The molecule has 0 saturated carbocycles. The second-order valence-corrected chi connectivity index (χ2v) is 8.74. The van der Waals surface area contributed by atoms with Crippen LogP contribution in [0.5, 0.6) is 0 Å². The van der Waals surface area contributed by atoms with E-state index in [1.165, 1.54) is 51.4 Å². The fourth-order valence-electron chi connectivity index (χ4n) is 3.45. The highest BCUT2D eigenvalue weighted by molar-refractivity contribution is 5.90. The Morgan fingerprint density at radius 3 is 1.63 bits per heavy atom. The van der Waals surface area contributed by atoms with Crippen LogP contribution >= 0.6 is 0 Å². The molecule has 6 nitrogen and oxygen atoms in total. The van der Waals surface area contributed by atoms with E-state index in [0.717, 1.165) is 12.8 Å². The third kappa shape index (κ3) is 15.7. The summed E-state index contributed by atoms with van der Waals surface area (Å²) in [7, 11) is 5.49. The zero-order valence-electron chi connectivity index (χ0n) is 18.0. The van der Waals surface area contributed by atoms with Gasteiger partial charge < -0.3 is 25.0 Å². The number of rotatable bonds is 17. The van der Waals surface area contributed by atoms with Crippen molar-refractivity contribution >= 4 is 11.8 Å². The highest BCUT2D eigenvalue weighted by Crippen LogP contribution is 2.20. The van der Waals surface area contributed by atoms with Gasteiger partial charge in [0, 0.05) is 18.8 Å². The standard InChI is InChI=1S/C21H41NO4.H2O/c1-5-6-7-8-9-10-11-12-13-14-15-16-19(23)21(26,17-20(24)25)18-22(2,3)4;/h26H,5-18H2,1-4H3;1H2. The van der Waals surface area contributed by atoms with Crippen LogP contribution in [0.25, 0.3) is 0 Å². The third-order valence-electron chi connectivity index (χ3n) is 4.70. The minimum Gasteiger partial charge on any atom is -0.550 e. The van der Waals surface area contributed by atoms with Crippen molar-refractivity contribution in [1.29, 1.82) is 0 Å². The summed E-state index contributed by atoms with van der Waals surface area (Å²) in [5.74, 6) is -1.75. The van der Waals surface area contributed by atoms with E-state index < -0.39 is 18.0 Å². The molecule has 0 bridgehead atoms. The molecule has 0 amide bonds. The summed E-state index contributed by atoms with van der Waals surface area (Å²) >= 11 is 0. The van der Waals surface area contributed by atoms with Gasteiger partial charge in [0.15, 0.2) is 11.4 Å². The summed E-state index contributed by atoms with van der Waals surface area (Å²) in [6, 6.07) is 0. The van der Waals surface area contributed by atoms with Gasteiger partial charge in [-0.2, -0.15) is 0 Å². The number of hydrogen-bond acceptors (Lipinski definition) is 4. The van der Waals surface area contributed by atoms with Gasteiger partial charge in [-0.25, -0.2) is 0 Å². The number of carbonyl (C=O) groups is 2. The van der Waals surface area contributed by atoms with Crippen LogP contribution in [0.2, 0.25) is 0 Å². The number of unbranched alkanes of at least 4 members (excludes halogenated alkanes) is 10. The number of quaternary nitrogens is 1. The predicted molar refractivity (Wildman–Crippen MR) is 107 cm³/mol. The first-order valence-electron chi connectivity index (χ1n) is 10.4. The molecule has 0 aromatic heterocycles. The average molecular weight is 390 g/mol. The molecule has 0 aromatic rings. The number of ketones is 1. The lowest BCUT2D eigenvalue weighted by molar-refractivity contribution is -0.875. The summed E-state index contributed by atoms with van der Waals surface area (Å²) in [5, 5.41) is 21.5. The fourth-order valence-corrected chi connectivity index (χ4v) is 3.45. The number of carbonyl (C=O) groups excluding carboxylic acids is 2. The second kappa shape index (κ2) is 15.0. The Labute approximate surface area is 165 Å². The van der Waals surface area contributed by atoms with Crippen LogP contribution < -0.4 is 5.11 Å². The lowest BCUT2D eigenvalue weighted by Crippen LogP contribution is -2.56. The molecule has 0 saturated heterocycles. The van der Waals surface area contributed by atoms with E-state index in [1.54, 1.807) is 0 Å². The maximum atomic E-state index is 12.4. The Morgan fingerprint density at radius 2 is 1.26 bits per heavy atom. The van der Waals surface area contributed by atoms with Crippen molar-refractivity contribution in [1.82, 2.24) is 0 Å². The summed E-state index contributed by atoms with van der Waals surface area (Å²) in [4.78, 5) is 23.3. The molecule has 0 aliphatic heterocycles. The SMILES string of the molecule is CCCCCCCCCCCCCC(=O)C(O)(CC(=O)[O-])C[N+](C)(C)C.O. The summed E-state index contributed by atoms with van der Waals surface area (Å²) in [5.41, 5.74) is -1.82. The van der Waals surface area contributed by atoms with Crippen LogP contribution in [0.1, 0.15) is 90.4 Å². The van der Waals surface area contributed by atoms with Crippen LogP contribution in [0.15, 0.2) is 0 Å². The highest BCUT2D eigenvalue weighted by Gasteiger charge is 2.40. The number of Topliss-reactive ketones (excluding diaryl/α,β-unsaturated/α-hetero) is 1. The molecule has 27 heavy (non-hydrogen) atoms. The van der Waals surface area contributed by atoms with Crippen molar-refractivity contribution < 1.29 is 29.8 Å². The second-order valence-electron chi connectivity index (χ2n) is 8.74. The van der Waals surface area contributed by atoms with Gasteiger partial charge in [0.2, 0.25) is 0 Å². The zero-order chi connectivity index (χ0) is 20.1. The molecule has 0 aliphatic carbocycles. The first kappa shape index (κ1) is 28.2. The number of aliphatic hydroxyl groups is 1. The van der Waals surface area contributed by atoms with Crippen molar-refractivity contribution in [2.24, 2.45) is 0 Å². The smallest absolute Gasteiger partial charge is 0.177 e. The Balaban J connectivity index is 0. The van der Waals surface area contributed by atoms with Gasteiger partial charge in [0.1, 0.15) is 6.54 Å². The molecule has 0 radical (unpaired) electrons. The summed E-state index contributed by atoms with van der Waals surface area (Å²) < 4.78 is 0.327. The number of likely N-dealkylation sites (N-methyl/N-ethyl adjacent to an activating group) is 1. The largest absolute Gasteiger partial charge is 0.550 e. The van der Waals surface area contributed by atoms with E-state index in [9.17, 15) is 19.8 Å². The first-order valence-corrected chi connectivity index (χ1v) is 10.4. The van der Waals surface area contributed by atoms with Gasteiger partial charge >= 0.3 is 0 Å². The molecule has 0 aromatic carbocycles. The number of nitrogens with zero attached hydrogens (tertiary/aromatic N) is 1. The maximum Gasteiger partial charge on any atom is 0.177 e. The van der Waals surface area contributed by atoms with Crippen molar-refractivity contribution in [3.63, 3.8) is 0 Å². The van der Waals surface area contributed by atoms with E-state index in [0.29, 0.717) is 10.9 Å². The van der Waals surface area contributed by atoms with Crippen LogP contribution in [-0.2, 0) is 9.59 Å². The lowest BCUT2D eigenvalue weighted by Gasteiger charge is -2.34. The zero-order valence-corrected chi connectivity index (χ0v) is 18.0.